The van der Waals surface area contributed by atoms with Crippen molar-refractivity contribution in [3.05, 3.63) is 12.3 Å². The average molecular weight is 237 g/mol. The van der Waals surface area contributed by atoms with E-state index < -0.39 is 0 Å². The summed E-state index contributed by atoms with van der Waals surface area (Å²) in [6.45, 7) is 2.26. The zero-order valence-corrected chi connectivity index (χ0v) is 11.3. The smallest absolute Gasteiger partial charge is 0.211 e. The van der Waals surface area contributed by atoms with E-state index in [1.807, 2.05) is 6.08 Å². The minimum atomic E-state index is 1.03. The Morgan fingerprint density at radius 1 is 0.882 bits per heavy atom. The Labute approximate surface area is 106 Å². The van der Waals surface area contributed by atoms with Crippen molar-refractivity contribution in [3.8, 4) is 0 Å². The van der Waals surface area contributed by atoms with E-state index in [4.69, 9.17) is 0 Å². The summed E-state index contributed by atoms with van der Waals surface area (Å²) in [5, 5.41) is 0. The number of unbranched alkanes of at least 4 members (excludes halogenated alkanes) is 10. The van der Waals surface area contributed by atoms with Gasteiger partial charge >= 0.3 is 0 Å². The topological polar surface area (TPSA) is 29.4 Å². The van der Waals surface area contributed by atoms with Crippen molar-refractivity contribution in [2.24, 2.45) is 4.99 Å². The minimum absolute atomic E-state index is 1.03. The zero-order chi connectivity index (χ0) is 12.6. The van der Waals surface area contributed by atoms with E-state index in [-0.39, 0.29) is 0 Å². The van der Waals surface area contributed by atoms with E-state index in [9.17, 15) is 4.79 Å². The average Bonchev–Trinajstić information content (AvgIpc) is 2.35. The zero-order valence-electron chi connectivity index (χ0n) is 11.3. The monoisotopic (exact) mass is 237 g/mol. The molecule has 0 saturated carbocycles. The lowest BCUT2D eigenvalue weighted by molar-refractivity contribution is 0.557. The van der Waals surface area contributed by atoms with Crippen molar-refractivity contribution in [2.75, 3.05) is 0 Å². The second-order valence-corrected chi connectivity index (χ2v) is 4.58. The molecule has 0 aliphatic carbocycles. The first-order valence-electron chi connectivity index (χ1n) is 7.13. The number of hydrogen-bond acceptors (Lipinski definition) is 2. The Hall–Kier alpha value is -0.880. The molecule has 0 N–H and O–H groups in total. The molecule has 0 aromatic rings. The molecule has 0 heterocycles. The highest BCUT2D eigenvalue weighted by molar-refractivity contribution is 5.34. The second kappa shape index (κ2) is 15.1. The minimum Gasteiger partial charge on any atom is -0.211 e. The van der Waals surface area contributed by atoms with Gasteiger partial charge in [0.2, 0.25) is 6.08 Å². The molecule has 0 amide bonds. The van der Waals surface area contributed by atoms with Crippen LogP contribution in [0.3, 0.4) is 0 Å². The molecule has 0 aromatic heterocycles. The third-order valence-corrected chi connectivity index (χ3v) is 2.96. The van der Waals surface area contributed by atoms with Crippen LogP contribution < -0.4 is 0 Å². The lowest BCUT2D eigenvalue weighted by atomic mass is 10.1. The Morgan fingerprint density at radius 2 is 1.41 bits per heavy atom. The Kier molecular flexibility index (Phi) is 14.3. The molecule has 0 unspecified atom stereocenters. The second-order valence-electron chi connectivity index (χ2n) is 4.58. The quantitative estimate of drug-likeness (QED) is 0.262. The van der Waals surface area contributed by atoms with Crippen LogP contribution in [0.25, 0.3) is 0 Å². The molecule has 0 saturated heterocycles. The highest BCUT2D eigenvalue weighted by atomic mass is 16.1. The van der Waals surface area contributed by atoms with Gasteiger partial charge in [-0.3, -0.25) is 0 Å². The summed E-state index contributed by atoms with van der Waals surface area (Å²) in [4.78, 5) is 13.1. The number of rotatable bonds is 12. The summed E-state index contributed by atoms with van der Waals surface area (Å²) in [7, 11) is 0. The molecular weight excluding hydrogens is 210 g/mol. The molecule has 17 heavy (non-hydrogen) atoms. The van der Waals surface area contributed by atoms with Crippen LogP contribution in [0.2, 0.25) is 0 Å². The summed E-state index contributed by atoms with van der Waals surface area (Å²) in [6.07, 6.45) is 19.6. The van der Waals surface area contributed by atoms with Crippen LogP contribution in [-0.4, -0.2) is 6.08 Å². The number of aliphatic imine (C=N–C) groups is 1. The van der Waals surface area contributed by atoms with Crippen molar-refractivity contribution in [2.45, 2.75) is 77.6 Å². The van der Waals surface area contributed by atoms with E-state index >= 15 is 0 Å². The number of isocyanates is 1. The standard InChI is InChI=1S/C15H27NO/c1-2-3-4-5-6-7-8-9-10-11-12-13-14-16-15-17/h13-14H,2-12H2,1H3/b14-13+. The first kappa shape index (κ1) is 16.1. The van der Waals surface area contributed by atoms with E-state index in [2.05, 4.69) is 11.9 Å². The normalized spacial score (nSPS) is 10.6. The number of allylic oxidation sites excluding steroid dienone is 1. The van der Waals surface area contributed by atoms with Crippen molar-refractivity contribution < 1.29 is 4.79 Å². The van der Waals surface area contributed by atoms with E-state index in [0.29, 0.717) is 0 Å². The van der Waals surface area contributed by atoms with Gasteiger partial charge in [0.25, 0.3) is 0 Å². The fraction of sp³-hybridized carbons (Fsp3) is 0.800. The summed E-state index contributed by atoms with van der Waals surface area (Å²) < 4.78 is 0. The molecule has 98 valence electrons. The molecule has 0 aliphatic rings. The van der Waals surface area contributed by atoms with Gasteiger partial charge in [-0.2, -0.15) is 4.99 Å². The van der Waals surface area contributed by atoms with E-state index in [1.165, 1.54) is 70.3 Å². The Morgan fingerprint density at radius 3 is 1.94 bits per heavy atom. The van der Waals surface area contributed by atoms with Crippen LogP contribution in [0.5, 0.6) is 0 Å². The van der Waals surface area contributed by atoms with Gasteiger partial charge in [-0.1, -0.05) is 70.8 Å². The van der Waals surface area contributed by atoms with Gasteiger partial charge in [0, 0.05) is 6.20 Å². The Bertz CT molecular complexity index is 217. The molecule has 0 bridgehead atoms. The van der Waals surface area contributed by atoms with E-state index in [0.717, 1.165) is 6.42 Å². The fourth-order valence-electron chi connectivity index (χ4n) is 1.91. The number of carbonyl (C=O) groups excluding carboxylic acids is 1. The van der Waals surface area contributed by atoms with Gasteiger partial charge in [-0.15, -0.1) is 0 Å². The fourth-order valence-corrected chi connectivity index (χ4v) is 1.91. The van der Waals surface area contributed by atoms with Crippen LogP contribution in [0.4, 0.5) is 0 Å². The molecule has 0 aliphatic heterocycles. The van der Waals surface area contributed by atoms with Crippen molar-refractivity contribution >= 4 is 6.08 Å². The van der Waals surface area contributed by atoms with Gasteiger partial charge in [0.05, 0.1) is 0 Å². The largest absolute Gasteiger partial charge is 0.239 e. The van der Waals surface area contributed by atoms with Crippen LogP contribution in [0, 0.1) is 0 Å². The highest BCUT2D eigenvalue weighted by Gasteiger charge is 1.91. The maximum absolute atomic E-state index is 9.76. The highest BCUT2D eigenvalue weighted by Crippen LogP contribution is 2.11. The first-order chi connectivity index (χ1) is 8.41. The maximum atomic E-state index is 9.76. The molecule has 2 heteroatoms. The van der Waals surface area contributed by atoms with Gasteiger partial charge < -0.3 is 0 Å². The molecular formula is C15H27NO. The summed E-state index contributed by atoms with van der Waals surface area (Å²) >= 11 is 0. The SMILES string of the molecule is CCCCCCCCCCCC/C=C/N=C=O. The van der Waals surface area contributed by atoms with Crippen molar-refractivity contribution in [1.29, 1.82) is 0 Å². The van der Waals surface area contributed by atoms with Crippen molar-refractivity contribution in [3.63, 3.8) is 0 Å². The predicted octanol–water partition coefficient (Wildman–Crippen LogP) is 5.15. The van der Waals surface area contributed by atoms with Gasteiger partial charge in [0.1, 0.15) is 0 Å². The number of nitrogens with zero attached hydrogens (tertiary/aromatic N) is 1. The molecule has 0 atom stereocenters. The van der Waals surface area contributed by atoms with Gasteiger partial charge in [-0.05, 0) is 12.8 Å². The summed E-state index contributed by atoms with van der Waals surface area (Å²) in [5.41, 5.74) is 0. The van der Waals surface area contributed by atoms with Crippen LogP contribution >= 0.6 is 0 Å². The van der Waals surface area contributed by atoms with Crippen molar-refractivity contribution in [1.82, 2.24) is 0 Å². The lowest BCUT2D eigenvalue weighted by Gasteiger charge is -2.01. The molecule has 0 aromatic carbocycles. The Balaban J connectivity index is 3.01. The van der Waals surface area contributed by atoms with Gasteiger partial charge in [-0.25, -0.2) is 4.79 Å². The summed E-state index contributed by atoms with van der Waals surface area (Å²) in [6, 6.07) is 0. The lowest BCUT2D eigenvalue weighted by Crippen LogP contribution is -1.81. The van der Waals surface area contributed by atoms with Crippen LogP contribution in [-0.2, 0) is 4.79 Å². The van der Waals surface area contributed by atoms with Crippen LogP contribution in [0.15, 0.2) is 17.3 Å². The van der Waals surface area contributed by atoms with Gasteiger partial charge in [0.15, 0.2) is 0 Å². The molecule has 0 radical (unpaired) electrons. The van der Waals surface area contributed by atoms with E-state index in [1.54, 1.807) is 6.20 Å². The first-order valence-corrected chi connectivity index (χ1v) is 7.13. The van der Waals surface area contributed by atoms with Crippen LogP contribution in [0.1, 0.15) is 77.6 Å². The molecule has 0 fully saturated rings. The predicted molar refractivity (Wildman–Crippen MR) is 73.7 cm³/mol. The number of hydrogen-bond donors (Lipinski definition) is 0. The molecule has 0 spiro atoms. The molecule has 2 nitrogen and oxygen atoms in total. The molecule has 0 rings (SSSR count). The maximum Gasteiger partial charge on any atom is 0.239 e. The summed E-state index contributed by atoms with van der Waals surface area (Å²) in [5.74, 6) is 0. The third-order valence-electron chi connectivity index (χ3n) is 2.96. The third kappa shape index (κ3) is 15.1.